The van der Waals surface area contributed by atoms with E-state index >= 15 is 0 Å². The van der Waals surface area contributed by atoms with Crippen molar-refractivity contribution in [3.8, 4) is 0 Å². The molecule has 0 unspecified atom stereocenters. The molecule has 0 bridgehead atoms. The second-order valence-electron chi connectivity index (χ2n) is 5.51. The van der Waals surface area contributed by atoms with Crippen molar-refractivity contribution in [2.24, 2.45) is 0 Å². The first-order valence-electron chi connectivity index (χ1n) is 7.14. The highest BCUT2D eigenvalue weighted by Crippen LogP contribution is 2.35. The molecule has 1 nitrogen and oxygen atoms in total. The van der Waals surface area contributed by atoms with E-state index in [0.717, 1.165) is 4.31 Å². The van der Waals surface area contributed by atoms with Crippen molar-refractivity contribution in [1.82, 2.24) is 4.31 Å². The summed E-state index contributed by atoms with van der Waals surface area (Å²) >= 11 is 0.113. The first-order chi connectivity index (χ1) is 12.0. The number of benzene rings is 2. The molecule has 142 valence electrons. The Morgan fingerprint density at radius 2 is 1.19 bits per heavy atom. The van der Waals surface area contributed by atoms with Crippen LogP contribution in [-0.4, -0.2) is 10.3 Å². The van der Waals surface area contributed by atoms with Gasteiger partial charge in [-0.15, -0.1) is 0 Å². The fraction of sp³-hybridized carbons (Fsp3) is 0.250. The van der Waals surface area contributed by atoms with Crippen molar-refractivity contribution in [2.45, 2.75) is 31.3 Å². The minimum Gasteiger partial charge on any atom is -0.239 e. The van der Waals surface area contributed by atoms with E-state index in [4.69, 9.17) is 0 Å². The van der Waals surface area contributed by atoms with Crippen LogP contribution >= 0.6 is 11.9 Å². The maximum absolute atomic E-state index is 13.8. The van der Waals surface area contributed by atoms with Gasteiger partial charge in [-0.05, 0) is 25.8 Å². The summed E-state index contributed by atoms with van der Waals surface area (Å²) in [6, 6.07) is 0.207. The first kappa shape index (κ1) is 20.5. The minimum atomic E-state index is -2.31. The van der Waals surface area contributed by atoms with Crippen molar-refractivity contribution >= 4 is 11.9 Å². The molecule has 0 aromatic heterocycles. The van der Waals surface area contributed by atoms with E-state index in [1.165, 1.54) is 13.8 Å². The molecule has 10 heteroatoms. The lowest BCUT2D eigenvalue weighted by Gasteiger charge is -2.26. The maximum atomic E-state index is 13.8. The van der Waals surface area contributed by atoms with Crippen LogP contribution in [0.3, 0.4) is 0 Å². The van der Waals surface area contributed by atoms with Crippen LogP contribution in [0.5, 0.6) is 0 Å². The zero-order valence-corrected chi connectivity index (χ0v) is 14.1. The fourth-order valence-corrected chi connectivity index (χ4v) is 2.96. The molecule has 0 aliphatic carbocycles. The predicted molar refractivity (Wildman–Crippen MR) is 79.1 cm³/mol. The van der Waals surface area contributed by atoms with Gasteiger partial charge in [-0.1, -0.05) is 0 Å². The Bertz CT molecular complexity index is 787. The van der Waals surface area contributed by atoms with Gasteiger partial charge >= 0.3 is 0 Å². The highest BCUT2D eigenvalue weighted by molar-refractivity contribution is 7.97. The summed E-state index contributed by atoms with van der Waals surface area (Å²) in [6.45, 7) is 2.33. The first-order valence-corrected chi connectivity index (χ1v) is 7.91. The van der Waals surface area contributed by atoms with Gasteiger partial charge in [0.15, 0.2) is 23.3 Å². The van der Waals surface area contributed by atoms with Gasteiger partial charge in [-0.2, -0.15) is 0 Å². The third kappa shape index (κ3) is 3.96. The Morgan fingerprint density at radius 3 is 1.62 bits per heavy atom. The van der Waals surface area contributed by atoms with E-state index in [1.807, 2.05) is 0 Å². The molecule has 0 aliphatic rings. The molecule has 0 atom stereocenters. The van der Waals surface area contributed by atoms with Crippen molar-refractivity contribution < 1.29 is 35.1 Å². The molecule has 2 aromatic carbocycles. The van der Waals surface area contributed by atoms with Gasteiger partial charge in [0.25, 0.3) is 0 Å². The normalized spacial score (nSPS) is 11.7. The topological polar surface area (TPSA) is 3.24 Å². The quantitative estimate of drug-likeness (QED) is 0.273. The van der Waals surface area contributed by atoms with Crippen molar-refractivity contribution in [1.29, 1.82) is 0 Å². The second kappa shape index (κ2) is 7.83. The summed E-state index contributed by atoms with van der Waals surface area (Å²) in [7, 11) is 0. The third-order valence-corrected chi connectivity index (χ3v) is 4.70. The van der Waals surface area contributed by atoms with E-state index in [2.05, 4.69) is 0 Å². The lowest BCUT2D eigenvalue weighted by Crippen LogP contribution is -2.25. The highest BCUT2D eigenvalue weighted by atomic mass is 32.2. The number of nitrogens with zero attached hydrogens (tertiary/aromatic N) is 1. The largest absolute Gasteiger partial charge is 0.239 e. The summed E-state index contributed by atoms with van der Waals surface area (Å²) in [5.41, 5.74) is -0.614. The smallest absolute Gasteiger partial charge is 0.200 e. The average molecular weight is 401 g/mol. The van der Waals surface area contributed by atoms with E-state index in [1.54, 1.807) is 0 Å². The number of rotatable bonds is 5. The van der Waals surface area contributed by atoms with Gasteiger partial charge in [0.05, 0.1) is 0 Å². The Hall–Kier alpha value is -1.81. The molecule has 0 saturated carbocycles. The van der Waals surface area contributed by atoms with Gasteiger partial charge in [-0.3, -0.25) is 0 Å². The molecule has 0 heterocycles. The molecule has 0 N–H and O–H groups in total. The lowest BCUT2D eigenvalue weighted by molar-refractivity contribution is 0.350. The third-order valence-electron chi connectivity index (χ3n) is 3.37. The Balaban J connectivity index is 2.43. The Labute approximate surface area is 147 Å². The van der Waals surface area contributed by atoms with Gasteiger partial charge in [0.1, 0.15) is 22.3 Å². The van der Waals surface area contributed by atoms with Crippen LogP contribution in [0.4, 0.5) is 35.1 Å². The highest BCUT2D eigenvalue weighted by Gasteiger charge is 2.29. The minimum absolute atomic E-state index is 0.113. The summed E-state index contributed by atoms with van der Waals surface area (Å²) in [4.78, 5) is -1.21. The molecule has 0 fully saturated rings. The van der Waals surface area contributed by atoms with E-state index in [9.17, 15) is 35.1 Å². The van der Waals surface area contributed by atoms with Crippen LogP contribution in [0.25, 0.3) is 0 Å². The van der Waals surface area contributed by atoms with Crippen molar-refractivity contribution in [2.75, 3.05) is 0 Å². The molecule has 0 amide bonds. The summed E-state index contributed by atoms with van der Waals surface area (Å²) in [5, 5.41) is 0. The van der Waals surface area contributed by atoms with Gasteiger partial charge in [-0.25, -0.2) is 39.4 Å². The molecule has 0 radical (unpaired) electrons. The van der Waals surface area contributed by atoms with Crippen LogP contribution < -0.4 is 0 Å². The summed E-state index contributed by atoms with van der Waals surface area (Å²) in [6.07, 6.45) is 0. The molecule has 26 heavy (non-hydrogen) atoms. The Kier molecular flexibility index (Phi) is 6.17. The number of hydrogen-bond donors (Lipinski definition) is 0. The maximum Gasteiger partial charge on any atom is 0.200 e. The van der Waals surface area contributed by atoms with Crippen molar-refractivity contribution in [3.05, 3.63) is 64.2 Å². The van der Waals surface area contributed by atoms with Gasteiger partial charge in [0.2, 0.25) is 5.82 Å². The average Bonchev–Trinajstić information content (AvgIpc) is 2.56. The molecule has 0 saturated heterocycles. The Morgan fingerprint density at radius 1 is 0.769 bits per heavy atom. The zero-order chi connectivity index (χ0) is 19.8. The van der Waals surface area contributed by atoms with Gasteiger partial charge in [0, 0.05) is 30.3 Å². The summed E-state index contributed by atoms with van der Waals surface area (Å²) < 4.78 is 109. The molecule has 2 aromatic rings. The standard InChI is InChI=1S/C16H11F8NS/c1-6(2)25(5-8-9(18)3-7(17)4-10(8)19)26-16-14(23)12(21)11(20)13(22)15(16)24/h3-4,6H,5H2,1-2H3. The van der Waals surface area contributed by atoms with Crippen molar-refractivity contribution in [3.63, 3.8) is 0 Å². The lowest BCUT2D eigenvalue weighted by atomic mass is 10.2. The van der Waals surface area contributed by atoms with E-state index < -0.39 is 69.6 Å². The monoisotopic (exact) mass is 401 g/mol. The van der Waals surface area contributed by atoms with E-state index in [-0.39, 0.29) is 11.9 Å². The SMILES string of the molecule is CC(C)N(Cc1c(F)cc(F)cc1F)Sc1c(F)c(F)c(F)c(F)c1F. The molecule has 0 spiro atoms. The van der Waals surface area contributed by atoms with Crippen LogP contribution in [0, 0.1) is 46.5 Å². The van der Waals surface area contributed by atoms with E-state index in [0.29, 0.717) is 12.1 Å². The second-order valence-corrected chi connectivity index (χ2v) is 6.57. The molecule has 0 aliphatic heterocycles. The van der Waals surface area contributed by atoms with Crippen LogP contribution in [0.1, 0.15) is 19.4 Å². The van der Waals surface area contributed by atoms with Crippen LogP contribution in [-0.2, 0) is 6.54 Å². The molecule has 2 rings (SSSR count). The molecular weight excluding hydrogens is 390 g/mol. The molecular formula is C16H11F8NS. The number of hydrogen-bond acceptors (Lipinski definition) is 2. The fourth-order valence-electron chi connectivity index (χ4n) is 1.98. The van der Waals surface area contributed by atoms with Gasteiger partial charge < -0.3 is 0 Å². The zero-order valence-electron chi connectivity index (χ0n) is 13.3. The number of halogens is 8. The van der Waals surface area contributed by atoms with Crippen LogP contribution in [0.15, 0.2) is 17.0 Å². The summed E-state index contributed by atoms with van der Waals surface area (Å²) in [5.74, 6) is -14.3. The van der Waals surface area contributed by atoms with Crippen LogP contribution in [0.2, 0.25) is 0 Å². The predicted octanol–water partition coefficient (Wildman–Crippen LogP) is 5.72.